The summed E-state index contributed by atoms with van der Waals surface area (Å²) in [4.78, 5) is 20.4. The summed E-state index contributed by atoms with van der Waals surface area (Å²) in [6.45, 7) is 16.7. The van der Waals surface area contributed by atoms with Crippen molar-refractivity contribution in [3.05, 3.63) is 29.8 Å². The molecule has 0 N–H and O–H groups in total. The fraction of sp³-hybridized carbons (Fsp3) is 0.720. The molecule has 4 heteroatoms. The van der Waals surface area contributed by atoms with E-state index in [9.17, 15) is 4.79 Å². The lowest BCUT2D eigenvalue weighted by Gasteiger charge is -2.49. The Kier molecular flexibility index (Phi) is 5.67. The summed E-state index contributed by atoms with van der Waals surface area (Å²) in [5, 5.41) is 0. The van der Waals surface area contributed by atoms with Gasteiger partial charge in [0.1, 0.15) is 0 Å². The number of unbranched alkanes of at least 4 members (excludes halogenated alkanes) is 1. The molecule has 2 aliphatic heterocycles. The molecule has 160 valence electrons. The molecular weight excluding hydrogens is 358 g/mol. The second-order valence-electron chi connectivity index (χ2n) is 10.4. The van der Waals surface area contributed by atoms with Crippen LogP contribution in [0.15, 0.2) is 24.3 Å². The van der Waals surface area contributed by atoms with Crippen LogP contribution in [0.3, 0.4) is 0 Å². The van der Waals surface area contributed by atoms with Gasteiger partial charge in [-0.2, -0.15) is 0 Å². The number of amides is 1. The second kappa shape index (κ2) is 7.94. The number of carbonyl (C=O) groups excluding carboxylic acids is 1. The number of likely N-dealkylation sites (tertiary alicyclic amines) is 1. The molecule has 1 aliphatic carbocycles. The smallest absolute Gasteiger partial charge is 0.229 e. The van der Waals surface area contributed by atoms with E-state index in [0.717, 1.165) is 58.7 Å². The first-order valence-electron chi connectivity index (χ1n) is 11.7. The van der Waals surface area contributed by atoms with Gasteiger partial charge in [0.05, 0.1) is 5.41 Å². The first-order valence-corrected chi connectivity index (χ1v) is 11.7. The third-order valence-corrected chi connectivity index (χ3v) is 8.62. The highest BCUT2D eigenvalue weighted by molar-refractivity contribution is 5.85. The van der Waals surface area contributed by atoms with Crippen molar-refractivity contribution in [1.29, 1.82) is 0 Å². The van der Waals surface area contributed by atoms with Crippen LogP contribution in [0.4, 0.5) is 5.69 Å². The van der Waals surface area contributed by atoms with Crippen molar-refractivity contribution in [2.24, 2.45) is 16.7 Å². The predicted molar refractivity (Wildman–Crippen MR) is 120 cm³/mol. The summed E-state index contributed by atoms with van der Waals surface area (Å²) in [5.74, 6) is 1.10. The van der Waals surface area contributed by atoms with Gasteiger partial charge in [0.25, 0.3) is 0 Å². The zero-order valence-corrected chi connectivity index (χ0v) is 18.9. The van der Waals surface area contributed by atoms with Gasteiger partial charge in [-0.25, -0.2) is 0 Å². The first-order chi connectivity index (χ1) is 13.8. The lowest BCUT2D eigenvalue weighted by Crippen LogP contribution is -2.56. The molecule has 4 nitrogen and oxygen atoms in total. The molecule has 2 bridgehead atoms. The highest BCUT2D eigenvalue weighted by atomic mass is 16.2. The van der Waals surface area contributed by atoms with Crippen molar-refractivity contribution < 1.29 is 4.79 Å². The van der Waals surface area contributed by atoms with Gasteiger partial charge in [-0.15, -0.1) is 0 Å². The summed E-state index contributed by atoms with van der Waals surface area (Å²) in [6.07, 6.45) is 4.62. The number of rotatable bonds is 6. The van der Waals surface area contributed by atoms with Crippen molar-refractivity contribution in [3.63, 3.8) is 0 Å². The highest BCUT2D eigenvalue weighted by Gasteiger charge is 2.60. The number of nitrogens with zero attached hydrogens (tertiary/aromatic N) is 3. The van der Waals surface area contributed by atoms with Gasteiger partial charge < -0.3 is 9.80 Å². The van der Waals surface area contributed by atoms with Crippen LogP contribution in [-0.4, -0.2) is 61.5 Å². The van der Waals surface area contributed by atoms with Gasteiger partial charge in [-0.1, -0.05) is 39.0 Å². The zero-order chi connectivity index (χ0) is 20.6. The van der Waals surface area contributed by atoms with E-state index in [4.69, 9.17) is 0 Å². The summed E-state index contributed by atoms with van der Waals surface area (Å²) in [6, 6.07) is 8.71. The number of piperazine rings is 1. The lowest BCUT2D eigenvalue weighted by atomic mass is 9.62. The Morgan fingerprint density at radius 3 is 2.41 bits per heavy atom. The number of para-hydroxylation sites is 1. The molecular formula is C25H39N3O. The third-order valence-electron chi connectivity index (χ3n) is 8.62. The molecule has 0 radical (unpaired) electrons. The Hall–Kier alpha value is -1.55. The molecule has 0 spiro atoms. The third kappa shape index (κ3) is 3.69. The van der Waals surface area contributed by atoms with E-state index in [1.807, 2.05) is 0 Å². The maximum atomic E-state index is 13.1. The number of piperidine rings is 1. The van der Waals surface area contributed by atoms with E-state index in [-0.39, 0.29) is 10.8 Å². The number of fused-ring (bicyclic) bond motifs is 2. The Morgan fingerprint density at radius 1 is 1.00 bits per heavy atom. The number of anilines is 1. The molecule has 0 aromatic heterocycles. The summed E-state index contributed by atoms with van der Waals surface area (Å²) >= 11 is 0. The van der Waals surface area contributed by atoms with Crippen molar-refractivity contribution in [2.45, 2.75) is 53.4 Å². The van der Waals surface area contributed by atoms with E-state index in [0.29, 0.717) is 11.8 Å². The average Bonchev–Trinajstić information content (AvgIpc) is 2.85. The number of hydrogen-bond donors (Lipinski definition) is 0. The van der Waals surface area contributed by atoms with Crippen LogP contribution in [0.1, 0.15) is 52.0 Å². The van der Waals surface area contributed by atoms with Crippen LogP contribution in [0.25, 0.3) is 0 Å². The van der Waals surface area contributed by atoms with Gasteiger partial charge in [0.15, 0.2) is 0 Å². The molecule has 2 atom stereocenters. The largest absolute Gasteiger partial charge is 0.369 e. The molecule has 3 fully saturated rings. The minimum Gasteiger partial charge on any atom is -0.369 e. The maximum Gasteiger partial charge on any atom is 0.229 e. The average molecular weight is 398 g/mol. The van der Waals surface area contributed by atoms with E-state index in [1.165, 1.54) is 24.1 Å². The van der Waals surface area contributed by atoms with Gasteiger partial charge in [-0.05, 0) is 62.1 Å². The zero-order valence-electron chi connectivity index (χ0n) is 18.9. The number of aryl methyl sites for hydroxylation is 1. The Labute approximate surface area is 177 Å². The van der Waals surface area contributed by atoms with E-state index in [2.05, 4.69) is 66.7 Å². The molecule has 2 saturated heterocycles. The minimum absolute atomic E-state index is 0.137. The van der Waals surface area contributed by atoms with Gasteiger partial charge >= 0.3 is 0 Å². The first kappa shape index (κ1) is 20.7. The lowest BCUT2D eigenvalue weighted by molar-refractivity contribution is -0.155. The van der Waals surface area contributed by atoms with Crippen LogP contribution in [0.5, 0.6) is 0 Å². The molecule has 1 aromatic carbocycles. The van der Waals surface area contributed by atoms with Gasteiger partial charge in [-0.3, -0.25) is 9.69 Å². The van der Waals surface area contributed by atoms with Crippen molar-refractivity contribution in [2.75, 3.05) is 50.7 Å². The molecule has 4 rings (SSSR count). The van der Waals surface area contributed by atoms with Crippen molar-refractivity contribution in [1.82, 2.24) is 9.80 Å². The highest BCUT2D eigenvalue weighted by Crippen LogP contribution is 2.59. The van der Waals surface area contributed by atoms with Crippen LogP contribution in [-0.2, 0) is 4.79 Å². The summed E-state index contributed by atoms with van der Waals surface area (Å²) in [7, 11) is 0. The van der Waals surface area contributed by atoms with E-state index < -0.39 is 0 Å². The number of hydrogen-bond acceptors (Lipinski definition) is 3. The number of carbonyl (C=O) groups is 1. The summed E-state index contributed by atoms with van der Waals surface area (Å²) < 4.78 is 0. The van der Waals surface area contributed by atoms with Gasteiger partial charge in [0, 0.05) is 45.0 Å². The molecule has 1 amide bonds. The SMILES string of the molecule is Cc1ccccc1N1CCN(CCCCN2CC3CC[C@@](C)(C2=O)C3(C)C)CC1. The quantitative estimate of drug-likeness (QED) is 0.674. The molecule has 3 aliphatic rings. The van der Waals surface area contributed by atoms with Crippen LogP contribution in [0.2, 0.25) is 0 Å². The van der Waals surface area contributed by atoms with Gasteiger partial charge in [0.2, 0.25) is 5.91 Å². The van der Waals surface area contributed by atoms with Crippen LogP contribution in [0, 0.1) is 23.7 Å². The maximum absolute atomic E-state index is 13.1. The fourth-order valence-corrected chi connectivity index (χ4v) is 5.96. The topological polar surface area (TPSA) is 26.8 Å². The predicted octanol–water partition coefficient (Wildman–Crippen LogP) is 4.18. The minimum atomic E-state index is -0.137. The van der Waals surface area contributed by atoms with Crippen molar-refractivity contribution in [3.8, 4) is 0 Å². The van der Waals surface area contributed by atoms with E-state index >= 15 is 0 Å². The Bertz CT molecular complexity index is 737. The Balaban J connectivity index is 1.20. The number of benzene rings is 1. The van der Waals surface area contributed by atoms with Crippen LogP contribution < -0.4 is 4.90 Å². The van der Waals surface area contributed by atoms with Crippen molar-refractivity contribution >= 4 is 11.6 Å². The molecule has 29 heavy (non-hydrogen) atoms. The van der Waals surface area contributed by atoms with Crippen LogP contribution >= 0.6 is 0 Å². The Morgan fingerprint density at radius 2 is 1.69 bits per heavy atom. The normalized spacial score (nSPS) is 29.5. The molecule has 1 unspecified atom stereocenters. The molecule has 1 aromatic rings. The molecule has 1 saturated carbocycles. The standard InChI is InChI=1S/C25H39N3O/c1-20-9-5-6-10-22(20)27-17-15-26(16-18-27)13-7-8-14-28-19-21-11-12-25(4,23(28)29)24(21,2)3/h5-6,9-10,21H,7-8,11-19H2,1-4H3/t21?,25-/m0/s1. The fourth-order valence-electron chi connectivity index (χ4n) is 5.96. The second-order valence-corrected chi connectivity index (χ2v) is 10.4. The summed E-state index contributed by atoms with van der Waals surface area (Å²) in [5.41, 5.74) is 2.79. The van der Waals surface area contributed by atoms with E-state index in [1.54, 1.807) is 0 Å². The monoisotopic (exact) mass is 397 g/mol. The molecule has 2 heterocycles.